The molecule has 2 rings (SSSR count). The van der Waals surface area contributed by atoms with Gasteiger partial charge in [0, 0.05) is 12.1 Å². The Labute approximate surface area is 134 Å². The molecule has 1 aliphatic heterocycles. The summed E-state index contributed by atoms with van der Waals surface area (Å²) in [5, 5.41) is 0. The molecule has 1 aromatic carbocycles. The summed E-state index contributed by atoms with van der Waals surface area (Å²) < 4.78 is 5.68. The number of ether oxygens (including phenoxy) is 1. The van der Waals surface area contributed by atoms with Crippen LogP contribution in [0, 0.1) is 5.92 Å². The predicted molar refractivity (Wildman–Crippen MR) is 88.6 cm³/mol. The maximum absolute atomic E-state index is 10.7. The molecule has 0 radical (unpaired) electrons. The standard InChI is InChI=1S/C17H25NO2.ClH/c1-15-6-5-10-18(13-15)9-2-3-11-20-17-8-4-7-16(12-17)14-19;/h4,7-8,12,14-15H,2-3,5-6,9-11,13H2,1H3;1H. The minimum Gasteiger partial charge on any atom is -0.494 e. The molecule has 0 aromatic heterocycles. The van der Waals surface area contributed by atoms with Crippen LogP contribution >= 0.6 is 12.4 Å². The number of carbonyl (C=O) groups is 1. The van der Waals surface area contributed by atoms with Crippen LogP contribution in [0.25, 0.3) is 0 Å². The lowest BCUT2D eigenvalue weighted by atomic mass is 10.0. The third-order valence-corrected chi connectivity index (χ3v) is 3.87. The molecule has 3 nitrogen and oxygen atoms in total. The molecule has 1 unspecified atom stereocenters. The van der Waals surface area contributed by atoms with Crippen LogP contribution in [0.15, 0.2) is 24.3 Å². The number of rotatable bonds is 7. The fourth-order valence-corrected chi connectivity index (χ4v) is 2.79. The van der Waals surface area contributed by atoms with Crippen molar-refractivity contribution >= 4 is 18.7 Å². The van der Waals surface area contributed by atoms with Gasteiger partial charge in [0.15, 0.2) is 0 Å². The van der Waals surface area contributed by atoms with E-state index in [1.54, 1.807) is 12.1 Å². The van der Waals surface area contributed by atoms with Crippen molar-refractivity contribution in [1.29, 1.82) is 0 Å². The Hall–Kier alpha value is -1.06. The van der Waals surface area contributed by atoms with E-state index in [4.69, 9.17) is 4.74 Å². The summed E-state index contributed by atoms with van der Waals surface area (Å²) in [5.74, 6) is 1.65. The van der Waals surface area contributed by atoms with Crippen LogP contribution in [-0.2, 0) is 0 Å². The maximum atomic E-state index is 10.7. The highest BCUT2D eigenvalue weighted by atomic mass is 35.5. The van der Waals surface area contributed by atoms with Crippen LogP contribution in [-0.4, -0.2) is 37.4 Å². The third-order valence-electron chi connectivity index (χ3n) is 3.87. The molecule has 1 aromatic rings. The summed E-state index contributed by atoms with van der Waals surface area (Å²) in [6, 6.07) is 7.34. The number of nitrogens with zero attached hydrogens (tertiary/aromatic N) is 1. The molecule has 118 valence electrons. The van der Waals surface area contributed by atoms with Crippen molar-refractivity contribution in [2.24, 2.45) is 5.92 Å². The van der Waals surface area contributed by atoms with Gasteiger partial charge in [-0.1, -0.05) is 19.1 Å². The number of carbonyl (C=O) groups excluding carboxylic acids is 1. The number of aldehydes is 1. The Morgan fingerprint density at radius 3 is 3.00 bits per heavy atom. The van der Waals surface area contributed by atoms with Crippen LogP contribution < -0.4 is 4.74 Å². The van der Waals surface area contributed by atoms with Gasteiger partial charge >= 0.3 is 0 Å². The zero-order chi connectivity index (χ0) is 14.2. The molecule has 1 fully saturated rings. The van der Waals surface area contributed by atoms with Crippen LogP contribution in [0.3, 0.4) is 0 Å². The molecular weight excluding hydrogens is 286 g/mol. The van der Waals surface area contributed by atoms with Crippen molar-refractivity contribution in [3.8, 4) is 5.75 Å². The average Bonchev–Trinajstić information content (AvgIpc) is 2.47. The van der Waals surface area contributed by atoms with Gasteiger partial charge in [-0.3, -0.25) is 4.79 Å². The van der Waals surface area contributed by atoms with Crippen molar-refractivity contribution < 1.29 is 9.53 Å². The number of piperidine rings is 1. The van der Waals surface area contributed by atoms with E-state index in [1.807, 2.05) is 12.1 Å². The zero-order valence-electron chi connectivity index (χ0n) is 12.8. The summed E-state index contributed by atoms with van der Waals surface area (Å²) in [6.45, 7) is 6.76. The summed E-state index contributed by atoms with van der Waals surface area (Å²) in [4.78, 5) is 13.2. The molecule has 4 heteroatoms. The van der Waals surface area contributed by atoms with Gasteiger partial charge in [-0.05, 0) is 56.8 Å². The van der Waals surface area contributed by atoms with Crippen LogP contribution in [0.5, 0.6) is 5.75 Å². The van der Waals surface area contributed by atoms with Gasteiger partial charge in [0.25, 0.3) is 0 Å². The molecule has 0 spiro atoms. The maximum Gasteiger partial charge on any atom is 0.150 e. The van der Waals surface area contributed by atoms with Crippen LogP contribution in [0.2, 0.25) is 0 Å². The first-order valence-electron chi connectivity index (χ1n) is 7.68. The number of hydrogen-bond acceptors (Lipinski definition) is 3. The minimum absolute atomic E-state index is 0. The second-order valence-electron chi connectivity index (χ2n) is 5.79. The molecular formula is C17H26ClNO2. The summed E-state index contributed by atoms with van der Waals surface area (Å²) in [6.07, 6.45) is 5.82. The first kappa shape index (κ1) is 18.0. The quantitative estimate of drug-likeness (QED) is 0.566. The summed E-state index contributed by atoms with van der Waals surface area (Å²) in [7, 11) is 0. The second-order valence-corrected chi connectivity index (χ2v) is 5.79. The number of likely N-dealkylation sites (tertiary alicyclic amines) is 1. The third kappa shape index (κ3) is 6.49. The highest BCUT2D eigenvalue weighted by Gasteiger charge is 2.15. The van der Waals surface area contributed by atoms with E-state index in [2.05, 4.69) is 11.8 Å². The van der Waals surface area contributed by atoms with Gasteiger partial charge in [-0.25, -0.2) is 0 Å². The fraction of sp³-hybridized carbons (Fsp3) is 0.588. The topological polar surface area (TPSA) is 29.5 Å². The molecule has 1 heterocycles. The van der Waals surface area contributed by atoms with E-state index in [-0.39, 0.29) is 12.4 Å². The summed E-state index contributed by atoms with van der Waals surface area (Å²) >= 11 is 0. The molecule has 0 N–H and O–H groups in total. The Morgan fingerprint density at radius 1 is 1.38 bits per heavy atom. The van der Waals surface area contributed by atoms with E-state index in [9.17, 15) is 4.79 Å². The second kappa shape index (κ2) is 9.80. The molecule has 0 amide bonds. The highest BCUT2D eigenvalue weighted by molar-refractivity contribution is 5.85. The van der Waals surface area contributed by atoms with E-state index in [0.717, 1.165) is 31.0 Å². The lowest BCUT2D eigenvalue weighted by molar-refractivity contribution is 0.112. The SMILES string of the molecule is CC1CCCN(CCCCOc2cccc(C=O)c2)C1.Cl. The van der Waals surface area contributed by atoms with Gasteiger partial charge in [-0.2, -0.15) is 0 Å². The number of hydrogen-bond donors (Lipinski definition) is 0. The van der Waals surface area contributed by atoms with E-state index < -0.39 is 0 Å². The molecule has 1 saturated heterocycles. The Balaban J connectivity index is 0.00000220. The molecule has 0 saturated carbocycles. The molecule has 21 heavy (non-hydrogen) atoms. The monoisotopic (exact) mass is 311 g/mol. The van der Waals surface area contributed by atoms with Gasteiger partial charge in [0.2, 0.25) is 0 Å². The Bertz CT molecular complexity index is 425. The molecule has 0 bridgehead atoms. The lowest BCUT2D eigenvalue weighted by Gasteiger charge is -2.30. The van der Waals surface area contributed by atoms with Crippen molar-refractivity contribution in [1.82, 2.24) is 4.90 Å². The number of benzene rings is 1. The van der Waals surface area contributed by atoms with Crippen molar-refractivity contribution in [2.75, 3.05) is 26.2 Å². The largest absolute Gasteiger partial charge is 0.494 e. The lowest BCUT2D eigenvalue weighted by Crippen LogP contribution is -2.35. The fourth-order valence-electron chi connectivity index (χ4n) is 2.79. The van der Waals surface area contributed by atoms with Gasteiger partial charge < -0.3 is 9.64 Å². The number of unbranched alkanes of at least 4 members (excludes halogenated alkanes) is 1. The minimum atomic E-state index is 0. The van der Waals surface area contributed by atoms with E-state index >= 15 is 0 Å². The van der Waals surface area contributed by atoms with E-state index in [0.29, 0.717) is 5.56 Å². The average molecular weight is 312 g/mol. The first-order chi connectivity index (χ1) is 9.78. The van der Waals surface area contributed by atoms with Crippen molar-refractivity contribution in [3.05, 3.63) is 29.8 Å². The Morgan fingerprint density at radius 2 is 2.24 bits per heavy atom. The summed E-state index contributed by atoms with van der Waals surface area (Å²) in [5.41, 5.74) is 0.671. The highest BCUT2D eigenvalue weighted by Crippen LogP contribution is 2.16. The smallest absolute Gasteiger partial charge is 0.150 e. The number of halogens is 1. The molecule has 0 aliphatic carbocycles. The van der Waals surface area contributed by atoms with Crippen LogP contribution in [0.1, 0.15) is 43.0 Å². The molecule has 1 aliphatic rings. The van der Waals surface area contributed by atoms with Gasteiger partial charge in [-0.15, -0.1) is 12.4 Å². The Kier molecular flexibility index (Phi) is 8.40. The first-order valence-corrected chi connectivity index (χ1v) is 7.68. The normalized spacial score (nSPS) is 18.8. The van der Waals surface area contributed by atoms with Gasteiger partial charge in [0.1, 0.15) is 12.0 Å². The van der Waals surface area contributed by atoms with Crippen LogP contribution in [0.4, 0.5) is 0 Å². The predicted octanol–water partition coefficient (Wildman–Crippen LogP) is 3.81. The van der Waals surface area contributed by atoms with E-state index in [1.165, 1.54) is 38.9 Å². The zero-order valence-corrected chi connectivity index (χ0v) is 13.6. The van der Waals surface area contributed by atoms with Crippen molar-refractivity contribution in [3.63, 3.8) is 0 Å². The molecule has 1 atom stereocenters. The van der Waals surface area contributed by atoms with Gasteiger partial charge in [0.05, 0.1) is 6.61 Å². The van der Waals surface area contributed by atoms with Crippen molar-refractivity contribution in [2.45, 2.75) is 32.6 Å².